The summed E-state index contributed by atoms with van der Waals surface area (Å²) in [6.07, 6.45) is 0.699. The fourth-order valence-electron chi connectivity index (χ4n) is 3.04. The van der Waals surface area contributed by atoms with Crippen LogP contribution in [-0.2, 0) is 11.3 Å². The molecule has 0 spiro atoms. The first-order valence-electron chi connectivity index (χ1n) is 8.82. The van der Waals surface area contributed by atoms with Crippen LogP contribution in [0.4, 0.5) is 5.69 Å². The minimum absolute atomic E-state index is 0.316. The maximum atomic E-state index is 12.9. The van der Waals surface area contributed by atoms with Crippen LogP contribution >= 0.6 is 0 Å². The number of methoxy groups -OCH3 is 1. The van der Waals surface area contributed by atoms with E-state index in [0.717, 1.165) is 0 Å². The molecule has 3 aromatic rings. The third-order valence-electron chi connectivity index (χ3n) is 4.38. The lowest BCUT2D eigenvalue weighted by atomic mass is 10.1. The largest absolute Gasteiger partial charge is 0.506 e. The molecule has 7 heteroatoms. The lowest BCUT2D eigenvalue weighted by molar-refractivity contribution is 0.0600. The van der Waals surface area contributed by atoms with Crippen molar-refractivity contribution in [3.05, 3.63) is 70.0 Å². The van der Waals surface area contributed by atoms with Gasteiger partial charge in [0, 0.05) is 17.6 Å². The van der Waals surface area contributed by atoms with Crippen LogP contribution in [0.3, 0.4) is 0 Å². The molecule has 0 fully saturated rings. The molecule has 0 saturated carbocycles. The molecule has 7 nitrogen and oxygen atoms in total. The SMILES string of the molecule is CCCn1c(=O)c(C(=O)Nc2ccc(C(=O)OC)cc2)c(O)c2ccccc21. The van der Waals surface area contributed by atoms with Crippen molar-refractivity contribution in [2.75, 3.05) is 12.4 Å². The van der Waals surface area contributed by atoms with E-state index in [2.05, 4.69) is 10.1 Å². The van der Waals surface area contributed by atoms with E-state index in [-0.39, 0.29) is 11.3 Å². The van der Waals surface area contributed by atoms with Crippen LogP contribution in [-0.4, -0.2) is 28.7 Å². The summed E-state index contributed by atoms with van der Waals surface area (Å²) in [4.78, 5) is 37.1. The van der Waals surface area contributed by atoms with Gasteiger partial charge in [-0.3, -0.25) is 9.59 Å². The van der Waals surface area contributed by atoms with Gasteiger partial charge in [-0.15, -0.1) is 0 Å². The summed E-state index contributed by atoms with van der Waals surface area (Å²) in [5, 5.41) is 13.6. The van der Waals surface area contributed by atoms with Gasteiger partial charge in [0.25, 0.3) is 11.5 Å². The molecule has 1 amide bonds. The van der Waals surface area contributed by atoms with Gasteiger partial charge in [-0.2, -0.15) is 0 Å². The molecule has 0 saturated heterocycles. The second kappa shape index (κ2) is 7.96. The van der Waals surface area contributed by atoms with Crippen LogP contribution in [0.15, 0.2) is 53.3 Å². The number of aromatic hydroxyl groups is 1. The molecule has 0 atom stereocenters. The summed E-state index contributed by atoms with van der Waals surface area (Å²) >= 11 is 0. The van der Waals surface area contributed by atoms with E-state index in [1.54, 1.807) is 24.3 Å². The molecule has 0 aliphatic rings. The van der Waals surface area contributed by atoms with E-state index < -0.39 is 17.4 Å². The Balaban J connectivity index is 2.02. The maximum Gasteiger partial charge on any atom is 0.337 e. The highest BCUT2D eigenvalue weighted by Crippen LogP contribution is 2.27. The maximum absolute atomic E-state index is 12.9. The number of carbonyl (C=O) groups is 2. The smallest absolute Gasteiger partial charge is 0.337 e. The molecule has 0 radical (unpaired) electrons. The number of para-hydroxylation sites is 1. The van der Waals surface area contributed by atoms with Crippen LogP contribution in [0.1, 0.15) is 34.1 Å². The Kier molecular flexibility index (Phi) is 5.44. The fourth-order valence-corrected chi connectivity index (χ4v) is 3.04. The number of aromatic nitrogens is 1. The molecular formula is C21H20N2O5. The molecule has 1 aromatic heterocycles. The first-order chi connectivity index (χ1) is 13.5. The summed E-state index contributed by atoms with van der Waals surface area (Å²) in [6, 6.07) is 12.9. The molecule has 3 rings (SSSR count). The number of ether oxygens (including phenoxy) is 1. The van der Waals surface area contributed by atoms with Crippen LogP contribution in [0, 0.1) is 0 Å². The summed E-state index contributed by atoms with van der Waals surface area (Å²) in [7, 11) is 1.28. The molecule has 0 aliphatic heterocycles. The summed E-state index contributed by atoms with van der Waals surface area (Å²) in [5.74, 6) is -1.56. The third kappa shape index (κ3) is 3.46. The average Bonchev–Trinajstić information content (AvgIpc) is 2.71. The highest BCUT2D eigenvalue weighted by molar-refractivity contribution is 6.09. The van der Waals surface area contributed by atoms with Gasteiger partial charge < -0.3 is 19.7 Å². The van der Waals surface area contributed by atoms with Crippen molar-refractivity contribution >= 4 is 28.5 Å². The first-order valence-corrected chi connectivity index (χ1v) is 8.82. The number of carbonyl (C=O) groups excluding carboxylic acids is 2. The van der Waals surface area contributed by atoms with Crippen molar-refractivity contribution in [1.29, 1.82) is 0 Å². The van der Waals surface area contributed by atoms with Gasteiger partial charge in [0.05, 0.1) is 18.2 Å². The predicted molar refractivity (Wildman–Crippen MR) is 106 cm³/mol. The Morgan fingerprint density at radius 2 is 1.79 bits per heavy atom. The zero-order valence-electron chi connectivity index (χ0n) is 15.6. The van der Waals surface area contributed by atoms with Gasteiger partial charge in [-0.25, -0.2) is 4.79 Å². The Morgan fingerprint density at radius 1 is 1.11 bits per heavy atom. The summed E-state index contributed by atoms with van der Waals surface area (Å²) in [6.45, 7) is 2.35. The van der Waals surface area contributed by atoms with Crippen LogP contribution in [0.5, 0.6) is 5.75 Å². The number of pyridine rings is 1. The molecule has 28 heavy (non-hydrogen) atoms. The molecule has 0 unspecified atom stereocenters. The molecule has 0 bridgehead atoms. The normalized spacial score (nSPS) is 10.6. The van der Waals surface area contributed by atoms with E-state index in [0.29, 0.717) is 35.1 Å². The van der Waals surface area contributed by atoms with Crippen molar-refractivity contribution in [1.82, 2.24) is 4.57 Å². The number of anilines is 1. The molecule has 144 valence electrons. The Labute approximate surface area is 161 Å². The Bertz CT molecular complexity index is 1100. The minimum atomic E-state index is -0.719. The number of hydrogen-bond donors (Lipinski definition) is 2. The van der Waals surface area contributed by atoms with Gasteiger partial charge in [-0.1, -0.05) is 19.1 Å². The highest BCUT2D eigenvalue weighted by Gasteiger charge is 2.22. The lowest BCUT2D eigenvalue weighted by Gasteiger charge is -2.14. The lowest BCUT2D eigenvalue weighted by Crippen LogP contribution is -2.29. The predicted octanol–water partition coefficient (Wildman–Crippen LogP) is 3.16. The second-order valence-electron chi connectivity index (χ2n) is 6.22. The van der Waals surface area contributed by atoms with Gasteiger partial charge in [0.1, 0.15) is 11.3 Å². The van der Waals surface area contributed by atoms with Crippen molar-refractivity contribution in [3.8, 4) is 5.75 Å². The Hall–Kier alpha value is -3.61. The van der Waals surface area contributed by atoms with E-state index in [4.69, 9.17) is 0 Å². The molecule has 1 heterocycles. The van der Waals surface area contributed by atoms with Gasteiger partial charge in [0.2, 0.25) is 0 Å². The van der Waals surface area contributed by atoms with Crippen LogP contribution < -0.4 is 10.9 Å². The molecule has 2 N–H and O–H groups in total. The number of esters is 1. The monoisotopic (exact) mass is 380 g/mol. The van der Waals surface area contributed by atoms with Gasteiger partial charge in [-0.05, 0) is 42.8 Å². The van der Waals surface area contributed by atoms with Crippen LogP contribution in [0.2, 0.25) is 0 Å². The number of hydrogen-bond acceptors (Lipinski definition) is 5. The van der Waals surface area contributed by atoms with E-state index in [9.17, 15) is 19.5 Å². The molecule has 2 aromatic carbocycles. The summed E-state index contributed by atoms with van der Waals surface area (Å²) in [5.41, 5.74) is 0.419. The van der Waals surface area contributed by atoms with Crippen molar-refractivity contribution in [3.63, 3.8) is 0 Å². The number of aryl methyl sites for hydroxylation is 1. The van der Waals surface area contributed by atoms with Crippen LogP contribution in [0.25, 0.3) is 10.9 Å². The number of amides is 1. The van der Waals surface area contributed by atoms with Gasteiger partial charge >= 0.3 is 5.97 Å². The van der Waals surface area contributed by atoms with Crippen molar-refractivity contribution in [2.24, 2.45) is 0 Å². The molecular weight excluding hydrogens is 360 g/mol. The van der Waals surface area contributed by atoms with E-state index in [1.807, 2.05) is 6.92 Å². The number of benzene rings is 2. The summed E-state index contributed by atoms with van der Waals surface area (Å²) < 4.78 is 6.12. The first kappa shape index (κ1) is 19.2. The number of nitrogens with zero attached hydrogens (tertiary/aromatic N) is 1. The zero-order valence-corrected chi connectivity index (χ0v) is 15.6. The standard InChI is InChI=1S/C21H20N2O5/c1-3-12-23-16-7-5-4-6-15(16)18(24)17(20(23)26)19(25)22-14-10-8-13(9-11-14)21(27)28-2/h4-11,24H,3,12H2,1-2H3,(H,22,25). The molecule has 0 aliphatic carbocycles. The van der Waals surface area contributed by atoms with Crippen molar-refractivity contribution in [2.45, 2.75) is 19.9 Å². The number of nitrogens with one attached hydrogen (secondary N) is 1. The van der Waals surface area contributed by atoms with E-state index in [1.165, 1.54) is 35.9 Å². The topological polar surface area (TPSA) is 97.6 Å². The fraction of sp³-hybridized carbons (Fsp3) is 0.190. The minimum Gasteiger partial charge on any atom is -0.506 e. The quantitative estimate of drug-likeness (QED) is 0.663. The number of rotatable bonds is 5. The third-order valence-corrected chi connectivity index (χ3v) is 4.38. The second-order valence-corrected chi connectivity index (χ2v) is 6.22. The number of fused-ring (bicyclic) bond motifs is 1. The average molecular weight is 380 g/mol. The Morgan fingerprint density at radius 3 is 2.43 bits per heavy atom. The van der Waals surface area contributed by atoms with Gasteiger partial charge in [0.15, 0.2) is 0 Å². The van der Waals surface area contributed by atoms with Crippen molar-refractivity contribution < 1.29 is 19.4 Å². The zero-order chi connectivity index (χ0) is 20.3. The van der Waals surface area contributed by atoms with E-state index >= 15 is 0 Å². The highest BCUT2D eigenvalue weighted by atomic mass is 16.5.